The molecule has 2 N–H and O–H groups in total. The second-order valence-corrected chi connectivity index (χ2v) is 5.30. The van der Waals surface area contributed by atoms with Crippen LogP contribution in [0.3, 0.4) is 0 Å². The molecule has 1 aromatic carbocycles. The number of hydrogen-bond donors (Lipinski definition) is 2. The Kier molecular flexibility index (Phi) is 5.99. The van der Waals surface area contributed by atoms with Crippen molar-refractivity contribution >= 4 is 11.9 Å². The molecule has 23 heavy (non-hydrogen) atoms. The lowest BCUT2D eigenvalue weighted by molar-refractivity contribution is 0.0950. The molecule has 1 heterocycles. The highest BCUT2D eigenvalue weighted by atomic mass is 19.1. The predicted molar refractivity (Wildman–Crippen MR) is 86.6 cm³/mol. The van der Waals surface area contributed by atoms with Crippen LogP contribution < -0.4 is 10.6 Å². The van der Waals surface area contributed by atoms with Crippen LogP contribution in [0.25, 0.3) is 0 Å². The molecule has 7 heteroatoms. The van der Waals surface area contributed by atoms with Gasteiger partial charge >= 0.3 is 0 Å². The van der Waals surface area contributed by atoms with Gasteiger partial charge in [-0.25, -0.2) is 14.4 Å². The summed E-state index contributed by atoms with van der Waals surface area (Å²) in [5, 5.41) is 5.71. The van der Waals surface area contributed by atoms with Crippen molar-refractivity contribution in [3.8, 4) is 0 Å². The number of anilines is 1. The van der Waals surface area contributed by atoms with Gasteiger partial charge in [-0.3, -0.25) is 4.79 Å². The molecule has 1 aromatic heterocycles. The van der Waals surface area contributed by atoms with E-state index in [9.17, 15) is 9.18 Å². The molecule has 6 nitrogen and oxygen atoms in total. The molecule has 0 spiro atoms. The van der Waals surface area contributed by atoms with Crippen molar-refractivity contribution < 1.29 is 9.18 Å². The Labute approximate surface area is 134 Å². The number of nitrogens with one attached hydrogen (secondary N) is 2. The number of hydrogen-bond acceptors (Lipinski definition) is 5. The molecule has 0 aliphatic carbocycles. The van der Waals surface area contributed by atoms with Crippen molar-refractivity contribution in [2.45, 2.75) is 6.54 Å². The molecule has 0 aliphatic rings. The summed E-state index contributed by atoms with van der Waals surface area (Å²) in [7, 11) is 3.87. The molecule has 0 aliphatic heterocycles. The van der Waals surface area contributed by atoms with Crippen LogP contribution >= 0.6 is 0 Å². The van der Waals surface area contributed by atoms with Crippen molar-refractivity contribution in [1.82, 2.24) is 20.2 Å². The minimum atomic E-state index is -0.281. The van der Waals surface area contributed by atoms with E-state index >= 15 is 0 Å². The number of aromatic nitrogens is 2. The molecule has 122 valence electrons. The Morgan fingerprint density at radius 3 is 2.57 bits per heavy atom. The highest BCUT2D eigenvalue weighted by molar-refractivity contribution is 5.93. The van der Waals surface area contributed by atoms with Gasteiger partial charge in [0.05, 0.1) is 5.56 Å². The molecule has 1 amide bonds. The number of halogens is 1. The molecule has 0 radical (unpaired) electrons. The van der Waals surface area contributed by atoms with Gasteiger partial charge in [0.25, 0.3) is 5.91 Å². The monoisotopic (exact) mass is 317 g/mol. The fourth-order valence-corrected chi connectivity index (χ4v) is 1.85. The Morgan fingerprint density at radius 2 is 1.91 bits per heavy atom. The van der Waals surface area contributed by atoms with Gasteiger partial charge in [-0.1, -0.05) is 18.2 Å². The van der Waals surface area contributed by atoms with Gasteiger partial charge in [0.1, 0.15) is 5.82 Å². The highest BCUT2D eigenvalue weighted by Gasteiger charge is 2.07. The van der Waals surface area contributed by atoms with E-state index in [0.717, 1.165) is 6.54 Å². The standard InChI is InChI=1S/C16H20FN5O/c1-22(2)8-7-18-15(23)13-10-20-16(21-11-13)19-9-12-5-3-4-6-14(12)17/h3-6,10-11H,7-9H2,1-2H3,(H,18,23)(H,19,20,21). The molecular formula is C16H20FN5O. The number of carbonyl (C=O) groups is 1. The minimum Gasteiger partial charge on any atom is -0.351 e. The third kappa shape index (κ3) is 5.30. The Bertz CT molecular complexity index is 645. The number of nitrogens with zero attached hydrogens (tertiary/aromatic N) is 3. The summed E-state index contributed by atoms with van der Waals surface area (Å²) in [5.41, 5.74) is 0.918. The average Bonchev–Trinajstić information content (AvgIpc) is 2.54. The summed E-state index contributed by atoms with van der Waals surface area (Å²) < 4.78 is 13.5. The molecule has 0 saturated heterocycles. The number of benzene rings is 1. The van der Waals surface area contributed by atoms with Crippen molar-refractivity contribution in [1.29, 1.82) is 0 Å². The zero-order valence-corrected chi connectivity index (χ0v) is 13.2. The number of rotatable bonds is 7. The third-order valence-electron chi connectivity index (χ3n) is 3.15. The third-order valence-corrected chi connectivity index (χ3v) is 3.15. The molecular weight excluding hydrogens is 297 g/mol. The quantitative estimate of drug-likeness (QED) is 0.810. The van der Waals surface area contributed by atoms with E-state index in [-0.39, 0.29) is 18.3 Å². The molecule has 2 aromatic rings. The normalized spacial score (nSPS) is 10.6. The SMILES string of the molecule is CN(C)CCNC(=O)c1cnc(NCc2ccccc2F)nc1. The topological polar surface area (TPSA) is 70.2 Å². The van der Waals surface area contributed by atoms with Gasteiger partial charge in [-0.15, -0.1) is 0 Å². The van der Waals surface area contributed by atoms with Crippen molar-refractivity contribution in [2.75, 3.05) is 32.5 Å². The summed E-state index contributed by atoms with van der Waals surface area (Å²) in [4.78, 5) is 22.0. The zero-order valence-electron chi connectivity index (χ0n) is 13.2. The summed E-state index contributed by atoms with van der Waals surface area (Å²) in [6, 6.07) is 6.50. The smallest absolute Gasteiger partial charge is 0.254 e. The van der Waals surface area contributed by atoms with Crippen molar-refractivity contribution in [3.05, 3.63) is 53.6 Å². The highest BCUT2D eigenvalue weighted by Crippen LogP contribution is 2.08. The van der Waals surface area contributed by atoms with Gasteiger partial charge in [-0.2, -0.15) is 0 Å². The first-order chi connectivity index (χ1) is 11.1. The van der Waals surface area contributed by atoms with Crippen LogP contribution in [-0.2, 0) is 6.54 Å². The Balaban J connectivity index is 1.87. The number of amides is 1. The van der Waals surface area contributed by atoms with Crippen LogP contribution in [0.15, 0.2) is 36.7 Å². The van der Waals surface area contributed by atoms with Gasteiger partial charge in [0.2, 0.25) is 5.95 Å². The summed E-state index contributed by atoms with van der Waals surface area (Å²) in [6.07, 6.45) is 2.89. The first-order valence-electron chi connectivity index (χ1n) is 7.28. The van der Waals surface area contributed by atoms with E-state index in [1.165, 1.54) is 18.5 Å². The lowest BCUT2D eigenvalue weighted by Gasteiger charge is -2.10. The van der Waals surface area contributed by atoms with Gasteiger partial charge in [0, 0.05) is 37.6 Å². The Morgan fingerprint density at radius 1 is 1.22 bits per heavy atom. The van der Waals surface area contributed by atoms with Crippen LogP contribution in [0.1, 0.15) is 15.9 Å². The second-order valence-electron chi connectivity index (χ2n) is 5.30. The molecule has 0 fully saturated rings. The van der Waals surface area contributed by atoms with Crippen LogP contribution in [0.4, 0.5) is 10.3 Å². The van der Waals surface area contributed by atoms with Gasteiger partial charge in [0.15, 0.2) is 0 Å². The lowest BCUT2D eigenvalue weighted by Crippen LogP contribution is -2.31. The van der Waals surface area contributed by atoms with E-state index in [4.69, 9.17) is 0 Å². The number of likely N-dealkylation sites (N-methyl/N-ethyl adjacent to an activating group) is 1. The number of carbonyl (C=O) groups excluding carboxylic acids is 1. The summed E-state index contributed by atoms with van der Waals surface area (Å²) in [5.74, 6) is -0.150. The Hall–Kier alpha value is -2.54. The van der Waals surface area contributed by atoms with Crippen LogP contribution in [0, 0.1) is 5.82 Å². The molecule has 0 saturated carbocycles. The lowest BCUT2D eigenvalue weighted by atomic mass is 10.2. The van der Waals surface area contributed by atoms with E-state index in [0.29, 0.717) is 23.6 Å². The fourth-order valence-electron chi connectivity index (χ4n) is 1.85. The van der Waals surface area contributed by atoms with Crippen molar-refractivity contribution in [3.63, 3.8) is 0 Å². The van der Waals surface area contributed by atoms with Crippen LogP contribution in [-0.4, -0.2) is 48.0 Å². The largest absolute Gasteiger partial charge is 0.351 e. The molecule has 2 rings (SSSR count). The molecule has 0 unspecified atom stereocenters. The van der Waals surface area contributed by atoms with Gasteiger partial charge < -0.3 is 15.5 Å². The van der Waals surface area contributed by atoms with Gasteiger partial charge in [-0.05, 0) is 20.2 Å². The van der Waals surface area contributed by atoms with Crippen LogP contribution in [0.5, 0.6) is 0 Å². The first-order valence-corrected chi connectivity index (χ1v) is 7.28. The maximum Gasteiger partial charge on any atom is 0.254 e. The first kappa shape index (κ1) is 16.8. The fraction of sp³-hybridized carbons (Fsp3) is 0.312. The molecule has 0 bridgehead atoms. The van der Waals surface area contributed by atoms with E-state index in [2.05, 4.69) is 20.6 Å². The maximum atomic E-state index is 13.5. The second kappa shape index (κ2) is 8.19. The van der Waals surface area contributed by atoms with E-state index in [1.54, 1.807) is 18.2 Å². The van der Waals surface area contributed by atoms with E-state index in [1.807, 2.05) is 19.0 Å². The summed E-state index contributed by atoms with van der Waals surface area (Å²) in [6.45, 7) is 1.59. The zero-order chi connectivity index (χ0) is 16.7. The maximum absolute atomic E-state index is 13.5. The van der Waals surface area contributed by atoms with E-state index < -0.39 is 0 Å². The predicted octanol–water partition coefficient (Wildman–Crippen LogP) is 1.52. The minimum absolute atomic E-state index is 0.215. The summed E-state index contributed by atoms with van der Waals surface area (Å²) >= 11 is 0. The van der Waals surface area contributed by atoms with Crippen molar-refractivity contribution in [2.24, 2.45) is 0 Å². The molecule has 0 atom stereocenters. The van der Waals surface area contributed by atoms with Crippen LogP contribution in [0.2, 0.25) is 0 Å². The average molecular weight is 317 g/mol.